The van der Waals surface area contributed by atoms with Gasteiger partial charge in [-0.2, -0.15) is 10.4 Å². The van der Waals surface area contributed by atoms with Crippen LogP contribution < -0.4 is 10.1 Å². The first kappa shape index (κ1) is 16.0. The van der Waals surface area contributed by atoms with Gasteiger partial charge in [0, 0.05) is 24.2 Å². The first-order chi connectivity index (χ1) is 12.8. The fraction of sp³-hybridized carbons (Fsp3) is 0.235. The van der Waals surface area contributed by atoms with Gasteiger partial charge in [0.05, 0.1) is 43.9 Å². The van der Waals surface area contributed by atoms with Gasteiger partial charge in [-0.1, -0.05) is 0 Å². The Balaban J connectivity index is 1.50. The standard InChI is InChI=1S/C17H15N7O2/c1-25-16-11(4-18)2-3-15(23-16)12-5-19-17(20-6-12)22-13-7-21-24(8-13)14-9-26-10-14/h2-3,5-8,14H,9-10H2,1H3,(H,19,20,22). The van der Waals surface area contributed by atoms with Crippen LogP contribution in [0.3, 0.4) is 0 Å². The van der Waals surface area contributed by atoms with Gasteiger partial charge in [-0.15, -0.1) is 0 Å². The first-order valence-electron chi connectivity index (χ1n) is 7.93. The highest BCUT2D eigenvalue weighted by atomic mass is 16.5. The maximum Gasteiger partial charge on any atom is 0.231 e. The van der Waals surface area contributed by atoms with Crippen molar-refractivity contribution in [3.05, 3.63) is 42.5 Å². The molecule has 0 spiro atoms. The summed E-state index contributed by atoms with van der Waals surface area (Å²) >= 11 is 0. The molecule has 0 radical (unpaired) electrons. The lowest BCUT2D eigenvalue weighted by molar-refractivity contribution is -0.0286. The molecule has 9 heteroatoms. The summed E-state index contributed by atoms with van der Waals surface area (Å²) in [4.78, 5) is 12.9. The summed E-state index contributed by atoms with van der Waals surface area (Å²) < 4.78 is 12.2. The number of aromatic nitrogens is 5. The Morgan fingerprint density at radius 1 is 1.27 bits per heavy atom. The van der Waals surface area contributed by atoms with Crippen molar-refractivity contribution in [2.24, 2.45) is 0 Å². The molecule has 0 amide bonds. The average Bonchev–Trinajstić information content (AvgIpc) is 3.08. The Kier molecular flexibility index (Phi) is 4.17. The molecule has 1 N–H and O–H groups in total. The molecule has 0 bridgehead atoms. The van der Waals surface area contributed by atoms with Gasteiger partial charge in [0.2, 0.25) is 11.8 Å². The number of rotatable bonds is 5. The van der Waals surface area contributed by atoms with E-state index in [2.05, 4.69) is 25.4 Å². The monoisotopic (exact) mass is 349 g/mol. The SMILES string of the molecule is COc1nc(-c2cnc(Nc3cnn(C4COC4)c3)nc2)ccc1C#N. The number of anilines is 2. The molecule has 9 nitrogen and oxygen atoms in total. The van der Waals surface area contributed by atoms with Crippen LogP contribution in [0.1, 0.15) is 11.6 Å². The van der Waals surface area contributed by atoms with Crippen LogP contribution in [0.15, 0.2) is 36.9 Å². The molecule has 0 atom stereocenters. The van der Waals surface area contributed by atoms with Gasteiger partial charge in [-0.3, -0.25) is 4.68 Å². The molecule has 0 saturated carbocycles. The van der Waals surface area contributed by atoms with Crippen LogP contribution in [-0.4, -0.2) is 45.1 Å². The number of ether oxygens (including phenoxy) is 2. The minimum Gasteiger partial charge on any atom is -0.480 e. The topological polar surface area (TPSA) is 111 Å². The fourth-order valence-corrected chi connectivity index (χ4v) is 2.47. The van der Waals surface area contributed by atoms with Crippen molar-refractivity contribution in [1.82, 2.24) is 24.7 Å². The Labute approximate surface area is 149 Å². The summed E-state index contributed by atoms with van der Waals surface area (Å²) in [6, 6.07) is 5.73. The minimum absolute atomic E-state index is 0.277. The van der Waals surface area contributed by atoms with Crippen LogP contribution in [0, 0.1) is 11.3 Å². The normalized spacial score (nSPS) is 13.7. The Morgan fingerprint density at radius 3 is 2.73 bits per heavy atom. The molecule has 0 aliphatic carbocycles. The number of pyridine rings is 1. The Morgan fingerprint density at radius 2 is 2.08 bits per heavy atom. The van der Waals surface area contributed by atoms with Gasteiger partial charge < -0.3 is 14.8 Å². The highest BCUT2D eigenvalue weighted by Gasteiger charge is 2.21. The molecule has 26 heavy (non-hydrogen) atoms. The van der Waals surface area contributed by atoms with E-state index in [9.17, 15) is 0 Å². The Bertz CT molecular complexity index is 958. The highest BCUT2D eigenvalue weighted by Crippen LogP contribution is 2.23. The van der Waals surface area contributed by atoms with E-state index in [1.54, 1.807) is 30.7 Å². The summed E-state index contributed by atoms with van der Waals surface area (Å²) in [6.07, 6.45) is 6.95. The molecular formula is C17H15N7O2. The predicted molar refractivity (Wildman–Crippen MR) is 91.9 cm³/mol. The van der Waals surface area contributed by atoms with E-state index in [-0.39, 0.29) is 5.88 Å². The van der Waals surface area contributed by atoms with Crippen molar-refractivity contribution in [1.29, 1.82) is 5.26 Å². The quantitative estimate of drug-likeness (QED) is 0.744. The van der Waals surface area contributed by atoms with Gasteiger partial charge in [-0.25, -0.2) is 15.0 Å². The van der Waals surface area contributed by atoms with Crippen molar-refractivity contribution in [3.63, 3.8) is 0 Å². The van der Waals surface area contributed by atoms with Crippen LogP contribution in [0.4, 0.5) is 11.6 Å². The second-order valence-electron chi connectivity index (χ2n) is 5.69. The molecule has 4 heterocycles. The first-order valence-corrected chi connectivity index (χ1v) is 7.93. The highest BCUT2D eigenvalue weighted by molar-refractivity contribution is 5.61. The van der Waals surface area contributed by atoms with Crippen LogP contribution in [0.25, 0.3) is 11.3 Å². The fourth-order valence-electron chi connectivity index (χ4n) is 2.47. The number of hydrogen-bond acceptors (Lipinski definition) is 8. The molecular weight excluding hydrogens is 334 g/mol. The molecule has 1 saturated heterocycles. The molecule has 0 aromatic carbocycles. The van der Waals surface area contributed by atoms with Crippen molar-refractivity contribution >= 4 is 11.6 Å². The Hall–Kier alpha value is -3.51. The van der Waals surface area contributed by atoms with Crippen LogP contribution >= 0.6 is 0 Å². The maximum absolute atomic E-state index is 9.03. The van der Waals surface area contributed by atoms with E-state index < -0.39 is 0 Å². The van der Waals surface area contributed by atoms with E-state index in [0.29, 0.717) is 36.5 Å². The zero-order valence-corrected chi connectivity index (χ0v) is 14.0. The molecule has 4 rings (SSSR count). The summed E-state index contributed by atoms with van der Waals surface area (Å²) in [5.41, 5.74) is 2.54. The molecule has 1 aliphatic rings. The number of nitrogens with zero attached hydrogens (tertiary/aromatic N) is 6. The number of methoxy groups -OCH3 is 1. The van der Waals surface area contributed by atoms with Crippen LogP contribution in [-0.2, 0) is 4.74 Å². The van der Waals surface area contributed by atoms with E-state index in [4.69, 9.17) is 14.7 Å². The lowest BCUT2D eigenvalue weighted by Gasteiger charge is -2.25. The molecule has 3 aromatic rings. The van der Waals surface area contributed by atoms with E-state index in [0.717, 1.165) is 11.3 Å². The van der Waals surface area contributed by atoms with Crippen molar-refractivity contribution < 1.29 is 9.47 Å². The summed E-state index contributed by atoms with van der Waals surface area (Å²) in [7, 11) is 1.48. The minimum atomic E-state index is 0.277. The predicted octanol–water partition coefficient (Wildman–Crippen LogP) is 1.93. The summed E-state index contributed by atoms with van der Waals surface area (Å²) in [6.45, 7) is 1.38. The number of nitriles is 1. The van der Waals surface area contributed by atoms with E-state index in [1.165, 1.54) is 7.11 Å². The third-order valence-electron chi connectivity index (χ3n) is 3.97. The van der Waals surface area contributed by atoms with Gasteiger partial charge in [0.25, 0.3) is 0 Å². The third kappa shape index (κ3) is 3.05. The van der Waals surface area contributed by atoms with E-state index in [1.807, 2.05) is 16.9 Å². The molecule has 1 fully saturated rings. The summed E-state index contributed by atoms with van der Waals surface area (Å²) in [5, 5.41) is 16.4. The van der Waals surface area contributed by atoms with Gasteiger partial charge in [0.1, 0.15) is 11.6 Å². The van der Waals surface area contributed by atoms with Gasteiger partial charge >= 0.3 is 0 Å². The largest absolute Gasteiger partial charge is 0.480 e. The summed E-state index contributed by atoms with van der Waals surface area (Å²) in [5.74, 6) is 0.735. The third-order valence-corrected chi connectivity index (χ3v) is 3.97. The lowest BCUT2D eigenvalue weighted by Crippen LogP contribution is -2.30. The smallest absolute Gasteiger partial charge is 0.231 e. The second kappa shape index (κ2) is 6.78. The van der Waals surface area contributed by atoms with Crippen LogP contribution in [0.5, 0.6) is 5.88 Å². The van der Waals surface area contributed by atoms with Gasteiger partial charge in [-0.05, 0) is 12.1 Å². The number of nitrogens with one attached hydrogen (secondary N) is 1. The van der Waals surface area contributed by atoms with Gasteiger partial charge in [0.15, 0.2) is 0 Å². The molecule has 1 aliphatic heterocycles. The average molecular weight is 349 g/mol. The van der Waals surface area contributed by atoms with Crippen molar-refractivity contribution in [3.8, 4) is 23.2 Å². The molecule has 3 aromatic heterocycles. The van der Waals surface area contributed by atoms with Crippen LogP contribution in [0.2, 0.25) is 0 Å². The second-order valence-corrected chi connectivity index (χ2v) is 5.69. The maximum atomic E-state index is 9.03. The lowest BCUT2D eigenvalue weighted by atomic mass is 10.2. The zero-order chi connectivity index (χ0) is 17.9. The van der Waals surface area contributed by atoms with E-state index >= 15 is 0 Å². The van der Waals surface area contributed by atoms with Crippen molar-refractivity contribution in [2.45, 2.75) is 6.04 Å². The molecule has 0 unspecified atom stereocenters. The van der Waals surface area contributed by atoms with Crippen molar-refractivity contribution in [2.75, 3.05) is 25.6 Å². The zero-order valence-electron chi connectivity index (χ0n) is 14.0. The molecule has 130 valence electrons. The number of hydrogen-bond donors (Lipinski definition) is 1.